The molecule has 2 rings (SSSR count). The summed E-state index contributed by atoms with van der Waals surface area (Å²) in [5.74, 6) is 1.06. The number of aliphatic hydroxyl groups is 2. The van der Waals surface area contributed by atoms with Gasteiger partial charge in [0.15, 0.2) is 5.82 Å². The Labute approximate surface area is 111 Å². The fraction of sp³-hybridized carbons (Fsp3) is 0.385. The number of hydrogen-bond donors (Lipinski definition) is 3. The Kier molecular flexibility index (Phi) is 5.02. The molecule has 3 N–H and O–H groups in total. The van der Waals surface area contributed by atoms with Gasteiger partial charge in [0, 0.05) is 6.42 Å². The molecule has 6 nitrogen and oxygen atoms in total. The molecule has 0 unspecified atom stereocenters. The zero-order valence-corrected chi connectivity index (χ0v) is 10.5. The molecule has 0 aliphatic carbocycles. The van der Waals surface area contributed by atoms with E-state index in [9.17, 15) is 0 Å². The van der Waals surface area contributed by atoms with Crippen LogP contribution >= 0.6 is 0 Å². The van der Waals surface area contributed by atoms with Crippen LogP contribution in [0, 0.1) is 0 Å². The maximum atomic E-state index is 8.91. The molecule has 0 saturated heterocycles. The molecule has 6 heteroatoms. The summed E-state index contributed by atoms with van der Waals surface area (Å²) in [7, 11) is 0. The highest BCUT2D eigenvalue weighted by Gasteiger charge is 2.10. The van der Waals surface area contributed by atoms with Gasteiger partial charge in [-0.05, 0) is 5.56 Å². The van der Waals surface area contributed by atoms with Crippen LogP contribution in [0.4, 0.5) is 0 Å². The summed E-state index contributed by atoms with van der Waals surface area (Å²) in [6, 6.07) is 9.52. The maximum absolute atomic E-state index is 8.91. The van der Waals surface area contributed by atoms with Gasteiger partial charge in [0.1, 0.15) is 0 Å². The lowest BCUT2D eigenvalue weighted by Gasteiger charge is -2.10. The van der Waals surface area contributed by atoms with Gasteiger partial charge in [-0.3, -0.25) is 0 Å². The summed E-state index contributed by atoms with van der Waals surface area (Å²) in [5.41, 5.74) is 1.12. The van der Waals surface area contributed by atoms with Crippen LogP contribution in [0.25, 0.3) is 0 Å². The second-order valence-corrected chi connectivity index (χ2v) is 4.21. The van der Waals surface area contributed by atoms with E-state index >= 15 is 0 Å². The number of nitrogens with one attached hydrogen (secondary N) is 1. The van der Waals surface area contributed by atoms with Crippen molar-refractivity contribution in [2.75, 3.05) is 13.2 Å². The summed E-state index contributed by atoms with van der Waals surface area (Å²) in [5, 5.41) is 24.6. The van der Waals surface area contributed by atoms with Crippen LogP contribution < -0.4 is 5.32 Å². The number of aromatic nitrogens is 2. The molecule has 2 aromatic rings. The van der Waals surface area contributed by atoms with Crippen molar-refractivity contribution in [3.05, 3.63) is 47.6 Å². The Hall–Kier alpha value is -1.76. The average Bonchev–Trinajstić information content (AvgIpc) is 2.89. The lowest BCUT2D eigenvalue weighted by molar-refractivity contribution is 0.167. The molecule has 0 fully saturated rings. The summed E-state index contributed by atoms with van der Waals surface area (Å²) in [4.78, 5) is 4.24. The third-order valence-electron chi connectivity index (χ3n) is 2.70. The van der Waals surface area contributed by atoms with E-state index in [2.05, 4.69) is 15.5 Å². The van der Waals surface area contributed by atoms with Gasteiger partial charge in [-0.15, -0.1) is 0 Å². The van der Waals surface area contributed by atoms with E-state index in [1.165, 1.54) is 0 Å². The lowest BCUT2D eigenvalue weighted by atomic mass is 10.1. The first-order chi connectivity index (χ1) is 9.31. The minimum Gasteiger partial charge on any atom is -0.395 e. The molecule has 0 atom stereocenters. The van der Waals surface area contributed by atoms with E-state index in [1.807, 2.05) is 30.3 Å². The van der Waals surface area contributed by atoms with Crippen LogP contribution in [0.2, 0.25) is 0 Å². The summed E-state index contributed by atoms with van der Waals surface area (Å²) >= 11 is 0. The summed E-state index contributed by atoms with van der Waals surface area (Å²) in [6.45, 7) is 0.0522. The van der Waals surface area contributed by atoms with E-state index in [4.69, 9.17) is 14.7 Å². The number of nitrogens with zero attached hydrogens (tertiary/aromatic N) is 2. The van der Waals surface area contributed by atoms with Gasteiger partial charge >= 0.3 is 0 Å². The van der Waals surface area contributed by atoms with Crippen molar-refractivity contribution >= 4 is 0 Å². The van der Waals surface area contributed by atoms with Crippen LogP contribution in [0.5, 0.6) is 0 Å². The van der Waals surface area contributed by atoms with Crippen molar-refractivity contribution in [2.45, 2.75) is 19.0 Å². The van der Waals surface area contributed by atoms with Crippen LogP contribution in [0.3, 0.4) is 0 Å². The lowest BCUT2D eigenvalue weighted by Crippen LogP contribution is -2.35. The quantitative estimate of drug-likeness (QED) is 0.656. The Balaban J connectivity index is 1.88. The Morgan fingerprint density at radius 1 is 1.16 bits per heavy atom. The molecular formula is C13H17N3O3. The number of aliphatic hydroxyl groups excluding tert-OH is 2. The first-order valence-corrected chi connectivity index (χ1v) is 6.12. The minimum absolute atomic E-state index is 0.137. The van der Waals surface area contributed by atoms with Crippen molar-refractivity contribution in [1.82, 2.24) is 15.5 Å². The van der Waals surface area contributed by atoms with Gasteiger partial charge < -0.3 is 20.1 Å². The van der Waals surface area contributed by atoms with Gasteiger partial charge in [-0.2, -0.15) is 4.98 Å². The highest BCUT2D eigenvalue weighted by Crippen LogP contribution is 2.06. The molecule has 1 aromatic carbocycles. The molecule has 0 radical (unpaired) electrons. The largest absolute Gasteiger partial charge is 0.395 e. The van der Waals surface area contributed by atoms with E-state index in [0.717, 1.165) is 5.56 Å². The molecule has 0 saturated carbocycles. The van der Waals surface area contributed by atoms with E-state index < -0.39 is 0 Å². The van der Waals surface area contributed by atoms with Crippen molar-refractivity contribution in [1.29, 1.82) is 0 Å². The van der Waals surface area contributed by atoms with Crippen molar-refractivity contribution in [2.24, 2.45) is 0 Å². The summed E-state index contributed by atoms with van der Waals surface area (Å²) < 4.78 is 5.09. The number of hydrogen-bond acceptors (Lipinski definition) is 6. The molecule has 0 bridgehead atoms. The SMILES string of the molecule is OCC(CO)NCc1nc(Cc2ccccc2)no1. The van der Waals surface area contributed by atoms with Gasteiger partial charge in [0.25, 0.3) is 0 Å². The number of rotatable bonds is 7. The molecule has 19 heavy (non-hydrogen) atoms. The molecule has 102 valence electrons. The first-order valence-electron chi connectivity index (χ1n) is 6.12. The van der Waals surface area contributed by atoms with E-state index in [-0.39, 0.29) is 19.3 Å². The molecule has 1 aromatic heterocycles. The highest BCUT2D eigenvalue weighted by molar-refractivity contribution is 5.18. The van der Waals surface area contributed by atoms with Gasteiger partial charge in [0.05, 0.1) is 25.8 Å². The van der Waals surface area contributed by atoms with Crippen molar-refractivity contribution in [3.8, 4) is 0 Å². The van der Waals surface area contributed by atoms with Crippen LogP contribution in [-0.2, 0) is 13.0 Å². The fourth-order valence-electron chi connectivity index (χ4n) is 1.63. The van der Waals surface area contributed by atoms with Gasteiger partial charge in [0.2, 0.25) is 5.89 Å². The molecular weight excluding hydrogens is 246 g/mol. The molecule has 0 spiro atoms. The first kappa shape index (κ1) is 13.7. The smallest absolute Gasteiger partial charge is 0.240 e. The Morgan fingerprint density at radius 3 is 2.58 bits per heavy atom. The van der Waals surface area contributed by atoms with Crippen LogP contribution in [-0.4, -0.2) is 39.6 Å². The molecule has 0 aliphatic rings. The number of benzene rings is 1. The second-order valence-electron chi connectivity index (χ2n) is 4.21. The third-order valence-corrected chi connectivity index (χ3v) is 2.70. The average molecular weight is 263 g/mol. The highest BCUT2D eigenvalue weighted by atomic mass is 16.5. The topological polar surface area (TPSA) is 91.4 Å². The summed E-state index contributed by atoms with van der Waals surface area (Å²) in [6.07, 6.45) is 0.619. The Bertz CT molecular complexity index is 483. The Morgan fingerprint density at radius 2 is 1.89 bits per heavy atom. The van der Waals surface area contributed by atoms with E-state index in [1.54, 1.807) is 0 Å². The van der Waals surface area contributed by atoms with Crippen LogP contribution in [0.1, 0.15) is 17.3 Å². The standard InChI is InChI=1S/C13H17N3O3/c17-8-11(9-18)14-7-13-15-12(16-19-13)6-10-4-2-1-3-5-10/h1-5,11,14,17-18H,6-9H2. The molecule has 1 heterocycles. The molecule has 0 amide bonds. The zero-order valence-electron chi connectivity index (χ0n) is 10.5. The normalized spacial score (nSPS) is 11.1. The van der Waals surface area contributed by atoms with Crippen molar-refractivity contribution in [3.63, 3.8) is 0 Å². The van der Waals surface area contributed by atoms with E-state index in [0.29, 0.717) is 24.7 Å². The fourth-order valence-corrected chi connectivity index (χ4v) is 1.63. The molecule has 0 aliphatic heterocycles. The predicted octanol–water partition coefficient (Wildman–Crippen LogP) is 0.103. The van der Waals surface area contributed by atoms with Crippen LogP contribution in [0.15, 0.2) is 34.9 Å². The third kappa shape index (κ3) is 4.13. The van der Waals surface area contributed by atoms with Crippen molar-refractivity contribution < 1.29 is 14.7 Å². The van der Waals surface area contributed by atoms with Gasteiger partial charge in [-0.25, -0.2) is 0 Å². The maximum Gasteiger partial charge on any atom is 0.240 e. The van der Waals surface area contributed by atoms with Gasteiger partial charge in [-0.1, -0.05) is 35.5 Å². The second kappa shape index (κ2) is 6.98. The monoisotopic (exact) mass is 263 g/mol. The predicted molar refractivity (Wildman–Crippen MR) is 68.3 cm³/mol. The zero-order chi connectivity index (χ0) is 13.5. The minimum atomic E-state index is -0.371.